The zero-order valence-corrected chi connectivity index (χ0v) is 8.59. The first-order valence-corrected chi connectivity index (χ1v) is 4.79. The first-order valence-electron chi connectivity index (χ1n) is 4.79. The standard InChI is InChI=1S/C11H16FNO/c1-9(2)14-8-7-13-11-5-3-10(12)4-6-11/h3-6,9,13H,7-8H2,1-2H3. The molecule has 0 aliphatic carbocycles. The number of anilines is 1. The van der Waals surface area contributed by atoms with Crippen LogP contribution in [-0.2, 0) is 4.74 Å². The van der Waals surface area contributed by atoms with Crippen LogP contribution in [0.4, 0.5) is 10.1 Å². The van der Waals surface area contributed by atoms with Gasteiger partial charge in [-0.3, -0.25) is 0 Å². The predicted octanol–water partition coefficient (Wildman–Crippen LogP) is 2.66. The average Bonchev–Trinajstić information content (AvgIpc) is 2.15. The number of halogens is 1. The van der Waals surface area contributed by atoms with E-state index in [9.17, 15) is 4.39 Å². The average molecular weight is 197 g/mol. The van der Waals surface area contributed by atoms with Crippen molar-refractivity contribution in [2.24, 2.45) is 0 Å². The third-order valence-electron chi connectivity index (χ3n) is 1.73. The van der Waals surface area contributed by atoms with Crippen molar-refractivity contribution in [2.75, 3.05) is 18.5 Å². The van der Waals surface area contributed by atoms with Gasteiger partial charge in [0.25, 0.3) is 0 Å². The van der Waals surface area contributed by atoms with Gasteiger partial charge in [0, 0.05) is 12.2 Å². The number of nitrogens with one attached hydrogen (secondary N) is 1. The summed E-state index contributed by atoms with van der Waals surface area (Å²) in [7, 11) is 0. The highest BCUT2D eigenvalue weighted by molar-refractivity contribution is 5.42. The van der Waals surface area contributed by atoms with Crippen LogP contribution in [0.2, 0.25) is 0 Å². The molecule has 0 aliphatic heterocycles. The van der Waals surface area contributed by atoms with Crippen LogP contribution in [0.1, 0.15) is 13.8 Å². The zero-order valence-electron chi connectivity index (χ0n) is 8.59. The minimum absolute atomic E-state index is 0.214. The van der Waals surface area contributed by atoms with E-state index in [0.717, 1.165) is 12.2 Å². The summed E-state index contributed by atoms with van der Waals surface area (Å²) >= 11 is 0. The van der Waals surface area contributed by atoms with E-state index >= 15 is 0 Å². The molecule has 14 heavy (non-hydrogen) atoms. The number of ether oxygens (including phenoxy) is 1. The molecule has 0 radical (unpaired) electrons. The van der Waals surface area contributed by atoms with Gasteiger partial charge in [-0.15, -0.1) is 0 Å². The van der Waals surface area contributed by atoms with E-state index in [1.165, 1.54) is 12.1 Å². The fourth-order valence-electron chi connectivity index (χ4n) is 1.06. The second-order valence-electron chi connectivity index (χ2n) is 3.35. The van der Waals surface area contributed by atoms with Crippen LogP contribution in [0.15, 0.2) is 24.3 Å². The van der Waals surface area contributed by atoms with Gasteiger partial charge in [-0.25, -0.2) is 4.39 Å². The summed E-state index contributed by atoms with van der Waals surface area (Å²) in [4.78, 5) is 0. The topological polar surface area (TPSA) is 21.3 Å². The fraction of sp³-hybridized carbons (Fsp3) is 0.455. The molecule has 3 heteroatoms. The monoisotopic (exact) mass is 197 g/mol. The molecule has 0 atom stereocenters. The lowest BCUT2D eigenvalue weighted by atomic mass is 10.3. The first-order chi connectivity index (χ1) is 6.68. The molecule has 0 saturated carbocycles. The summed E-state index contributed by atoms with van der Waals surface area (Å²) in [6.07, 6.45) is 0.255. The van der Waals surface area contributed by atoms with E-state index in [1.54, 1.807) is 12.1 Å². The summed E-state index contributed by atoms with van der Waals surface area (Å²) in [6, 6.07) is 6.30. The maximum atomic E-state index is 12.5. The Kier molecular flexibility index (Phi) is 4.40. The number of hydrogen-bond acceptors (Lipinski definition) is 2. The Morgan fingerprint density at radius 1 is 1.29 bits per heavy atom. The molecule has 0 amide bonds. The second kappa shape index (κ2) is 5.60. The van der Waals surface area contributed by atoms with Crippen molar-refractivity contribution in [1.82, 2.24) is 0 Å². The molecule has 0 aromatic heterocycles. The molecule has 0 aliphatic rings. The molecule has 1 rings (SSSR count). The van der Waals surface area contributed by atoms with Gasteiger partial charge in [0.2, 0.25) is 0 Å². The van der Waals surface area contributed by atoms with Crippen molar-refractivity contribution < 1.29 is 9.13 Å². The van der Waals surface area contributed by atoms with Gasteiger partial charge < -0.3 is 10.1 Å². The highest BCUT2D eigenvalue weighted by atomic mass is 19.1. The van der Waals surface area contributed by atoms with E-state index in [-0.39, 0.29) is 11.9 Å². The Labute approximate surface area is 84.1 Å². The van der Waals surface area contributed by atoms with Gasteiger partial charge >= 0.3 is 0 Å². The van der Waals surface area contributed by atoms with Gasteiger partial charge in [0.15, 0.2) is 0 Å². The SMILES string of the molecule is CC(C)OCCNc1ccc(F)cc1. The highest BCUT2D eigenvalue weighted by Gasteiger charge is 1.94. The van der Waals surface area contributed by atoms with Crippen molar-refractivity contribution in [1.29, 1.82) is 0 Å². The van der Waals surface area contributed by atoms with Gasteiger partial charge in [0.05, 0.1) is 12.7 Å². The lowest BCUT2D eigenvalue weighted by Gasteiger charge is -2.09. The van der Waals surface area contributed by atoms with Crippen molar-refractivity contribution >= 4 is 5.69 Å². The highest BCUT2D eigenvalue weighted by Crippen LogP contribution is 2.07. The van der Waals surface area contributed by atoms with Crippen LogP contribution in [0, 0.1) is 5.82 Å². The lowest BCUT2D eigenvalue weighted by molar-refractivity contribution is 0.0870. The molecule has 0 unspecified atom stereocenters. The smallest absolute Gasteiger partial charge is 0.123 e. The van der Waals surface area contributed by atoms with E-state index < -0.39 is 0 Å². The molecule has 1 aromatic rings. The summed E-state index contributed by atoms with van der Waals surface area (Å²) in [6.45, 7) is 5.40. The number of rotatable bonds is 5. The van der Waals surface area contributed by atoms with Gasteiger partial charge in [0.1, 0.15) is 5.82 Å². The van der Waals surface area contributed by atoms with E-state index in [0.29, 0.717) is 6.61 Å². The molecule has 2 nitrogen and oxygen atoms in total. The van der Waals surface area contributed by atoms with E-state index in [1.807, 2.05) is 13.8 Å². The zero-order chi connectivity index (χ0) is 10.4. The van der Waals surface area contributed by atoms with Crippen LogP contribution in [-0.4, -0.2) is 19.3 Å². The maximum absolute atomic E-state index is 12.5. The molecule has 0 saturated heterocycles. The van der Waals surface area contributed by atoms with Crippen molar-refractivity contribution in [3.63, 3.8) is 0 Å². The van der Waals surface area contributed by atoms with E-state index in [2.05, 4.69) is 5.32 Å². The van der Waals surface area contributed by atoms with Crippen LogP contribution < -0.4 is 5.32 Å². The van der Waals surface area contributed by atoms with Crippen molar-refractivity contribution in [3.05, 3.63) is 30.1 Å². The van der Waals surface area contributed by atoms with E-state index in [4.69, 9.17) is 4.74 Å². The third kappa shape index (κ3) is 4.23. The van der Waals surface area contributed by atoms with Gasteiger partial charge in [-0.2, -0.15) is 0 Å². The lowest BCUT2D eigenvalue weighted by Crippen LogP contribution is -2.13. The predicted molar refractivity (Wildman–Crippen MR) is 56.0 cm³/mol. The molecule has 78 valence electrons. The van der Waals surface area contributed by atoms with Crippen molar-refractivity contribution in [3.8, 4) is 0 Å². The second-order valence-corrected chi connectivity index (χ2v) is 3.35. The summed E-state index contributed by atoms with van der Waals surface area (Å²) in [5.41, 5.74) is 0.916. The minimum Gasteiger partial charge on any atom is -0.383 e. The Morgan fingerprint density at radius 2 is 1.93 bits per heavy atom. The van der Waals surface area contributed by atoms with Crippen molar-refractivity contribution in [2.45, 2.75) is 20.0 Å². The molecular weight excluding hydrogens is 181 g/mol. The molecule has 1 aromatic carbocycles. The largest absolute Gasteiger partial charge is 0.383 e. The molecule has 0 fully saturated rings. The summed E-state index contributed by atoms with van der Waals surface area (Å²) in [5, 5.41) is 3.14. The van der Waals surface area contributed by atoms with Crippen LogP contribution >= 0.6 is 0 Å². The fourth-order valence-corrected chi connectivity index (χ4v) is 1.06. The van der Waals surface area contributed by atoms with Crippen LogP contribution in [0.3, 0.4) is 0 Å². The normalized spacial score (nSPS) is 10.6. The molecular formula is C11H16FNO. The molecule has 0 spiro atoms. The Hall–Kier alpha value is -1.09. The molecule has 0 heterocycles. The summed E-state index contributed by atoms with van der Waals surface area (Å²) < 4.78 is 17.9. The quantitative estimate of drug-likeness (QED) is 0.733. The Morgan fingerprint density at radius 3 is 2.50 bits per heavy atom. The minimum atomic E-state index is -0.214. The molecule has 0 bridgehead atoms. The third-order valence-corrected chi connectivity index (χ3v) is 1.73. The van der Waals surface area contributed by atoms with Gasteiger partial charge in [-0.05, 0) is 38.1 Å². The first kappa shape index (κ1) is 11.0. The maximum Gasteiger partial charge on any atom is 0.123 e. The van der Waals surface area contributed by atoms with Gasteiger partial charge in [-0.1, -0.05) is 0 Å². The number of benzene rings is 1. The van der Waals surface area contributed by atoms with Crippen LogP contribution in [0.25, 0.3) is 0 Å². The summed E-state index contributed by atoms with van der Waals surface area (Å²) in [5.74, 6) is -0.214. The Bertz CT molecular complexity index is 258. The number of hydrogen-bond donors (Lipinski definition) is 1. The van der Waals surface area contributed by atoms with Crippen LogP contribution in [0.5, 0.6) is 0 Å². The molecule has 1 N–H and O–H groups in total. The Balaban J connectivity index is 2.21.